The molecule has 0 spiro atoms. The van der Waals surface area contributed by atoms with Crippen LogP contribution in [-0.2, 0) is 28.5 Å². The molecule has 1 heterocycles. The van der Waals surface area contributed by atoms with Gasteiger partial charge in [0.15, 0.2) is 0 Å². The first kappa shape index (κ1) is 24.6. The van der Waals surface area contributed by atoms with E-state index >= 15 is 0 Å². The highest BCUT2D eigenvalue weighted by molar-refractivity contribution is 7.86. The summed E-state index contributed by atoms with van der Waals surface area (Å²) >= 11 is 0. The van der Waals surface area contributed by atoms with Gasteiger partial charge in [0.05, 0.1) is 37.4 Å². The van der Waals surface area contributed by atoms with Gasteiger partial charge >= 0.3 is 6.09 Å². The lowest BCUT2D eigenvalue weighted by molar-refractivity contribution is -0.0312. The zero-order valence-corrected chi connectivity index (χ0v) is 19.1. The number of ether oxygens (including phenoxy) is 3. The van der Waals surface area contributed by atoms with E-state index in [0.29, 0.717) is 26.3 Å². The Balaban J connectivity index is 1.54. The van der Waals surface area contributed by atoms with Crippen molar-refractivity contribution in [2.45, 2.75) is 57.1 Å². The van der Waals surface area contributed by atoms with Crippen LogP contribution >= 0.6 is 0 Å². The minimum atomic E-state index is -3.76. The molecule has 1 amide bonds. The fourth-order valence-corrected chi connectivity index (χ4v) is 3.78. The molecule has 1 aromatic carbocycles. The molecule has 1 saturated heterocycles. The maximum Gasteiger partial charge on any atom is 0.410 e. The van der Waals surface area contributed by atoms with Gasteiger partial charge in [-0.15, -0.1) is 0 Å². The molecule has 1 aliphatic heterocycles. The minimum absolute atomic E-state index is 0.0511. The quantitative estimate of drug-likeness (QED) is 0.428. The summed E-state index contributed by atoms with van der Waals surface area (Å²) in [6.45, 7) is 9.50. The van der Waals surface area contributed by atoms with Gasteiger partial charge in [0, 0.05) is 13.1 Å². The van der Waals surface area contributed by atoms with Crippen molar-refractivity contribution in [3.8, 4) is 0 Å². The highest BCUT2D eigenvalue weighted by atomic mass is 32.2. The normalized spacial score (nSPS) is 15.9. The highest BCUT2D eigenvalue weighted by Gasteiger charge is 2.27. The summed E-state index contributed by atoms with van der Waals surface area (Å²) in [7, 11) is -3.76. The van der Waals surface area contributed by atoms with Gasteiger partial charge in [-0.05, 0) is 52.7 Å². The van der Waals surface area contributed by atoms with Crippen LogP contribution < -0.4 is 0 Å². The van der Waals surface area contributed by atoms with Crippen LogP contribution in [0.3, 0.4) is 0 Å². The Bertz CT molecular complexity index is 764. The van der Waals surface area contributed by atoms with Crippen LogP contribution in [0.2, 0.25) is 0 Å². The predicted molar refractivity (Wildman–Crippen MR) is 112 cm³/mol. The van der Waals surface area contributed by atoms with Gasteiger partial charge in [0.2, 0.25) is 0 Å². The van der Waals surface area contributed by atoms with E-state index in [1.165, 1.54) is 12.1 Å². The molecule has 30 heavy (non-hydrogen) atoms. The topological polar surface area (TPSA) is 91.4 Å². The van der Waals surface area contributed by atoms with Gasteiger partial charge in [-0.1, -0.05) is 17.7 Å². The van der Waals surface area contributed by atoms with E-state index in [1.807, 2.05) is 27.7 Å². The molecule has 0 aromatic heterocycles. The average Bonchev–Trinajstić information content (AvgIpc) is 2.66. The fraction of sp³-hybridized carbons (Fsp3) is 0.667. The first-order chi connectivity index (χ1) is 14.1. The third-order valence-electron chi connectivity index (χ3n) is 4.45. The molecule has 0 aliphatic carbocycles. The molecule has 8 nitrogen and oxygen atoms in total. The van der Waals surface area contributed by atoms with E-state index in [1.54, 1.807) is 17.0 Å². The van der Waals surface area contributed by atoms with Crippen LogP contribution in [-0.4, -0.2) is 70.6 Å². The molecule has 0 N–H and O–H groups in total. The van der Waals surface area contributed by atoms with Crippen molar-refractivity contribution in [2.24, 2.45) is 0 Å². The Kier molecular flexibility index (Phi) is 9.09. The zero-order valence-electron chi connectivity index (χ0n) is 18.3. The molecule has 1 aliphatic rings. The second-order valence-electron chi connectivity index (χ2n) is 8.24. The van der Waals surface area contributed by atoms with Crippen LogP contribution in [0.5, 0.6) is 0 Å². The van der Waals surface area contributed by atoms with Gasteiger partial charge in [0.25, 0.3) is 10.1 Å². The van der Waals surface area contributed by atoms with E-state index in [2.05, 4.69) is 0 Å². The number of hydrogen-bond acceptors (Lipinski definition) is 7. The Labute approximate surface area is 179 Å². The summed E-state index contributed by atoms with van der Waals surface area (Å²) in [5.41, 5.74) is 0.484. The van der Waals surface area contributed by atoms with E-state index < -0.39 is 15.7 Å². The molecule has 0 saturated carbocycles. The number of carbonyl (C=O) groups excluding carboxylic acids is 1. The number of carbonyl (C=O) groups is 1. The van der Waals surface area contributed by atoms with E-state index in [4.69, 9.17) is 18.4 Å². The average molecular weight is 444 g/mol. The van der Waals surface area contributed by atoms with Crippen LogP contribution in [0, 0.1) is 6.92 Å². The highest BCUT2D eigenvalue weighted by Crippen LogP contribution is 2.17. The molecule has 2 rings (SSSR count). The zero-order chi connectivity index (χ0) is 22.2. The SMILES string of the molecule is Cc1ccc(S(=O)(=O)OCCOCCOC2CCN(C(=O)OC(C)(C)C)CC2)cc1. The lowest BCUT2D eigenvalue weighted by Crippen LogP contribution is -2.43. The Morgan fingerprint density at radius 2 is 1.63 bits per heavy atom. The Morgan fingerprint density at radius 3 is 2.23 bits per heavy atom. The molecule has 0 radical (unpaired) electrons. The molecule has 1 fully saturated rings. The van der Waals surface area contributed by atoms with Crippen molar-refractivity contribution >= 4 is 16.2 Å². The van der Waals surface area contributed by atoms with Crippen molar-refractivity contribution in [1.82, 2.24) is 4.90 Å². The number of rotatable bonds is 9. The molecule has 0 bridgehead atoms. The third kappa shape index (κ3) is 8.59. The van der Waals surface area contributed by atoms with E-state index in [0.717, 1.165) is 18.4 Å². The standard InChI is InChI=1S/C21H33NO7S/c1-17-5-7-19(8-6-17)30(24,25)28-16-14-26-13-15-27-18-9-11-22(12-10-18)20(23)29-21(2,3)4/h5-8,18H,9-16H2,1-4H3. The van der Waals surface area contributed by atoms with E-state index in [-0.39, 0.29) is 30.3 Å². The van der Waals surface area contributed by atoms with Gasteiger partial charge < -0.3 is 19.1 Å². The summed E-state index contributed by atoms with van der Waals surface area (Å²) in [4.78, 5) is 13.9. The Morgan fingerprint density at radius 1 is 1.03 bits per heavy atom. The molecule has 0 unspecified atom stereocenters. The number of likely N-dealkylation sites (tertiary alicyclic amines) is 1. The summed E-state index contributed by atoms with van der Waals surface area (Å²) in [5, 5.41) is 0. The first-order valence-electron chi connectivity index (χ1n) is 10.2. The molecule has 1 aromatic rings. The molecular formula is C21H33NO7S. The fourth-order valence-electron chi connectivity index (χ4n) is 2.88. The number of hydrogen-bond donors (Lipinski definition) is 0. The second kappa shape index (κ2) is 11.1. The molecule has 0 atom stereocenters. The van der Waals surface area contributed by atoms with Crippen molar-refractivity contribution in [1.29, 1.82) is 0 Å². The largest absolute Gasteiger partial charge is 0.444 e. The van der Waals surface area contributed by atoms with Crippen molar-refractivity contribution in [3.05, 3.63) is 29.8 Å². The molecule has 170 valence electrons. The van der Waals surface area contributed by atoms with Gasteiger partial charge in [-0.2, -0.15) is 8.42 Å². The number of piperidine rings is 1. The monoisotopic (exact) mass is 443 g/mol. The smallest absolute Gasteiger partial charge is 0.410 e. The summed E-state index contributed by atoms with van der Waals surface area (Å²) in [6, 6.07) is 6.49. The van der Waals surface area contributed by atoms with Crippen LogP contribution in [0.1, 0.15) is 39.2 Å². The van der Waals surface area contributed by atoms with Crippen LogP contribution in [0.15, 0.2) is 29.2 Å². The van der Waals surface area contributed by atoms with Crippen molar-refractivity contribution in [2.75, 3.05) is 39.5 Å². The van der Waals surface area contributed by atoms with Gasteiger partial charge in [-0.25, -0.2) is 4.79 Å². The minimum Gasteiger partial charge on any atom is -0.444 e. The number of amides is 1. The van der Waals surface area contributed by atoms with Crippen LogP contribution in [0.25, 0.3) is 0 Å². The number of nitrogens with zero attached hydrogens (tertiary/aromatic N) is 1. The first-order valence-corrected chi connectivity index (χ1v) is 11.6. The van der Waals surface area contributed by atoms with E-state index in [9.17, 15) is 13.2 Å². The van der Waals surface area contributed by atoms with Crippen molar-refractivity contribution < 1.29 is 31.6 Å². The summed E-state index contributed by atoms with van der Waals surface area (Å²) in [5.74, 6) is 0. The number of aryl methyl sites for hydroxylation is 1. The lowest BCUT2D eigenvalue weighted by atomic mass is 10.1. The summed E-state index contributed by atoms with van der Waals surface area (Å²) < 4.78 is 45.6. The Hall–Kier alpha value is -1.68. The number of benzene rings is 1. The van der Waals surface area contributed by atoms with Crippen LogP contribution in [0.4, 0.5) is 4.79 Å². The molecular weight excluding hydrogens is 410 g/mol. The van der Waals surface area contributed by atoms with Gasteiger partial charge in [0.1, 0.15) is 5.60 Å². The second-order valence-corrected chi connectivity index (χ2v) is 9.85. The maximum atomic E-state index is 12.1. The summed E-state index contributed by atoms with van der Waals surface area (Å²) in [6.07, 6.45) is 1.28. The predicted octanol–water partition coefficient (Wildman–Crippen LogP) is 3.13. The van der Waals surface area contributed by atoms with Gasteiger partial charge in [-0.3, -0.25) is 4.18 Å². The molecule has 9 heteroatoms. The van der Waals surface area contributed by atoms with Crippen molar-refractivity contribution in [3.63, 3.8) is 0 Å². The maximum absolute atomic E-state index is 12.1. The third-order valence-corrected chi connectivity index (χ3v) is 5.78. The lowest BCUT2D eigenvalue weighted by Gasteiger charge is -2.33.